The second-order valence-corrected chi connectivity index (χ2v) is 9.70. The lowest BCUT2D eigenvalue weighted by Gasteiger charge is -2.25. The topological polar surface area (TPSA) is 88.1 Å². The van der Waals surface area contributed by atoms with Crippen LogP contribution in [0.25, 0.3) is 0 Å². The minimum absolute atomic E-state index is 0.208. The van der Waals surface area contributed by atoms with Crippen LogP contribution in [-0.2, 0) is 16.0 Å². The van der Waals surface area contributed by atoms with E-state index in [-0.39, 0.29) is 32.0 Å². The minimum Gasteiger partial charge on any atom is -0.492 e. The standard InChI is InChI=1S/C29H40F2N2O5/c1-6-37-25(27(34)35)19-23-9-11-24(12-10-23)38-16-15-33(14-8-7-13-29(5,30)31)28(36)32-26-21(3)17-20(2)18-22(26)4/h9-12,17-18,25H,6-8,13-16,19H2,1-5H3,(H,32,36)(H,34,35). The largest absolute Gasteiger partial charge is 0.492 e. The molecule has 2 aromatic carbocycles. The third kappa shape index (κ3) is 10.7. The lowest BCUT2D eigenvalue weighted by atomic mass is 10.1. The molecule has 9 heteroatoms. The van der Waals surface area contributed by atoms with Gasteiger partial charge in [-0.25, -0.2) is 18.4 Å². The monoisotopic (exact) mass is 534 g/mol. The van der Waals surface area contributed by atoms with Crippen LogP contribution in [-0.4, -0.2) is 60.3 Å². The van der Waals surface area contributed by atoms with Gasteiger partial charge >= 0.3 is 12.0 Å². The molecule has 0 radical (unpaired) electrons. The lowest BCUT2D eigenvalue weighted by molar-refractivity contribution is -0.149. The number of amides is 2. The molecule has 0 aliphatic rings. The summed E-state index contributed by atoms with van der Waals surface area (Å²) in [5.74, 6) is -3.16. The van der Waals surface area contributed by atoms with Crippen molar-refractivity contribution in [3.8, 4) is 5.75 Å². The van der Waals surface area contributed by atoms with E-state index in [1.54, 1.807) is 36.1 Å². The zero-order valence-electron chi connectivity index (χ0n) is 23.0. The summed E-state index contributed by atoms with van der Waals surface area (Å²) in [6, 6.07) is 10.7. The number of carboxylic acid groups (broad SMARTS) is 1. The molecular formula is C29H40F2N2O5. The Morgan fingerprint density at radius 2 is 1.68 bits per heavy atom. The van der Waals surface area contributed by atoms with E-state index in [4.69, 9.17) is 9.47 Å². The van der Waals surface area contributed by atoms with E-state index in [1.165, 1.54) is 0 Å². The van der Waals surface area contributed by atoms with Crippen LogP contribution in [0.15, 0.2) is 36.4 Å². The molecule has 0 bridgehead atoms. The van der Waals surface area contributed by atoms with E-state index in [2.05, 4.69) is 5.32 Å². The third-order valence-corrected chi connectivity index (χ3v) is 6.11. The van der Waals surface area contributed by atoms with Gasteiger partial charge in [0.15, 0.2) is 6.10 Å². The number of benzene rings is 2. The van der Waals surface area contributed by atoms with E-state index in [9.17, 15) is 23.5 Å². The minimum atomic E-state index is -2.73. The van der Waals surface area contributed by atoms with Gasteiger partial charge in [-0.1, -0.05) is 29.8 Å². The number of carbonyl (C=O) groups excluding carboxylic acids is 1. The average Bonchev–Trinajstić information content (AvgIpc) is 2.82. The number of rotatable bonds is 15. The van der Waals surface area contributed by atoms with E-state index in [0.717, 1.165) is 34.9 Å². The molecule has 2 N–H and O–H groups in total. The average molecular weight is 535 g/mol. The number of carbonyl (C=O) groups is 2. The molecule has 210 valence electrons. The number of hydrogen-bond donors (Lipinski definition) is 2. The number of nitrogens with zero attached hydrogens (tertiary/aromatic N) is 1. The molecule has 2 amide bonds. The number of hydrogen-bond acceptors (Lipinski definition) is 4. The fourth-order valence-corrected chi connectivity index (χ4v) is 4.24. The third-order valence-electron chi connectivity index (χ3n) is 6.11. The second-order valence-electron chi connectivity index (χ2n) is 9.70. The van der Waals surface area contributed by atoms with E-state index in [1.807, 2.05) is 32.9 Å². The fourth-order valence-electron chi connectivity index (χ4n) is 4.24. The highest BCUT2D eigenvalue weighted by molar-refractivity contribution is 5.91. The van der Waals surface area contributed by atoms with Crippen molar-refractivity contribution in [3.05, 3.63) is 58.7 Å². The summed E-state index contributed by atoms with van der Waals surface area (Å²) in [6.07, 6.45) is -0.147. The number of alkyl halides is 2. The van der Waals surface area contributed by atoms with Gasteiger partial charge in [0.1, 0.15) is 12.4 Å². The number of urea groups is 1. The Kier molecular flexibility index (Phi) is 12.0. The molecule has 0 saturated carbocycles. The van der Waals surface area contributed by atoms with Crippen LogP contribution in [0, 0.1) is 20.8 Å². The van der Waals surface area contributed by atoms with Crippen LogP contribution in [0.4, 0.5) is 19.3 Å². The summed E-state index contributed by atoms with van der Waals surface area (Å²) in [5, 5.41) is 12.2. The molecule has 1 unspecified atom stereocenters. The number of unbranched alkanes of at least 4 members (excludes halogenated alkanes) is 1. The Balaban J connectivity index is 2.00. The number of aryl methyl sites for hydroxylation is 3. The first kappa shape index (κ1) is 31.0. The maximum atomic E-state index is 13.2. The number of ether oxygens (including phenoxy) is 2. The molecule has 0 spiro atoms. The van der Waals surface area contributed by atoms with Crippen LogP contribution in [0.5, 0.6) is 5.75 Å². The van der Waals surface area contributed by atoms with Crippen molar-refractivity contribution in [1.82, 2.24) is 4.90 Å². The summed E-state index contributed by atoms with van der Waals surface area (Å²) in [5.41, 5.74) is 4.55. The summed E-state index contributed by atoms with van der Waals surface area (Å²) in [7, 11) is 0. The molecule has 0 heterocycles. The van der Waals surface area contributed by atoms with Gasteiger partial charge in [-0.3, -0.25) is 0 Å². The fraction of sp³-hybridized carbons (Fsp3) is 0.517. The number of carboxylic acids is 1. The van der Waals surface area contributed by atoms with Crippen molar-refractivity contribution < 1.29 is 33.0 Å². The summed E-state index contributed by atoms with van der Waals surface area (Å²) < 4.78 is 37.5. The molecule has 2 aromatic rings. The van der Waals surface area contributed by atoms with Crippen molar-refractivity contribution in [2.75, 3.05) is 31.6 Å². The van der Waals surface area contributed by atoms with Crippen LogP contribution in [0.2, 0.25) is 0 Å². The normalized spacial score (nSPS) is 12.2. The maximum Gasteiger partial charge on any atom is 0.333 e. The highest BCUT2D eigenvalue weighted by atomic mass is 19.3. The van der Waals surface area contributed by atoms with Crippen LogP contribution in [0.1, 0.15) is 55.4 Å². The Morgan fingerprint density at radius 1 is 1.05 bits per heavy atom. The summed E-state index contributed by atoms with van der Waals surface area (Å²) >= 11 is 0. The highest BCUT2D eigenvalue weighted by Gasteiger charge is 2.21. The molecule has 38 heavy (non-hydrogen) atoms. The van der Waals surface area contributed by atoms with Crippen molar-refractivity contribution >= 4 is 17.7 Å². The quantitative estimate of drug-likeness (QED) is 0.259. The van der Waals surface area contributed by atoms with Crippen molar-refractivity contribution in [2.24, 2.45) is 0 Å². The van der Waals surface area contributed by atoms with Gasteiger partial charge in [0.2, 0.25) is 5.92 Å². The first-order valence-corrected chi connectivity index (χ1v) is 13.0. The number of halogens is 2. The first-order valence-electron chi connectivity index (χ1n) is 13.0. The molecule has 0 saturated heterocycles. The molecule has 0 fully saturated rings. The molecule has 0 aliphatic carbocycles. The Labute approximate surface area is 224 Å². The SMILES string of the molecule is CCOC(Cc1ccc(OCCN(CCCCC(C)(F)F)C(=O)Nc2c(C)cc(C)cc2C)cc1)C(=O)O. The Hall–Kier alpha value is -3.20. The van der Waals surface area contributed by atoms with Gasteiger partial charge in [0.25, 0.3) is 0 Å². The van der Waals surface area contributed by atoms with Crippen LogP contribution >= 0.6 is 0 Å². The predicted molar refractivity (Wildman–Crippen MR) is 144 cm³/mol. The predicted octanol–water partition coefficient (Wildman–Crippen LogP) is 6.38. The summed E-state index contributed by atoms with van der Waals surface area (Å²) in [4.78, 5) is 26.0. The Bertz CT molecular complexity index is 1030. The van der Waals surface area contributed by atoms with Gasteiger partial charge < -0.3 is 24.8 Å². The van der Waals surface area contributed by atoms with Crippen LogP contribution in [0.3, 0.4) is 0 Å². The van der Waals surface area contributed by atoms with E-state index < -0.39 is 18.0 Å². The van der Waals surface area contributed by atoms with Crippen molar-refractivity contribution in [1.29, 1.82) is 0 Å². The van der Waals surface area contributed by atoms with Gasteiger partial charge in [0.05, 0.1) is 6.54 Å². The van der Waals surface area contributed by atoms with Crippen molar-refractivity contribution in [3.63, 3.8) is 0 Å². The molecule has 0 aromatic heterocycles. The second kappa shape index (κ2) is 14.7. The summed E-state index contributed by atoms with van der Waals surface area (Å²) in [6.45, 7) is 9.62. The number of nitrogens with one attached hydrogen (secondary N) is 1. The van der Waals surface area contributed by atoms with Crippen molar-refractivity contribution in [2.45, 2.75) is 72.3 Å². The lowest BCUT2D eigenvalue weighted by Crippen LogP contribution is -2.39. The van der Waals surface area contributed by atoms with E-state index >= 15 is 0 Å². The molecule has 7 nitrogen and oxygen atoms in total. The smallest absolute Gasteiger partial charge is 0.333 e. The first-order chi connectivity index (χ1) is 17.9. The molecule has 1 atom stereocenters. The maximum absolute atomic E-state index is 13.2. The Morgan fingerprint density at radius 3 is 2.24 bits per heavy atom. The van der Waals surface area contributed by atoms with Gasteiger partial charge in [-0.15, -0.1) is 0 Å². The van der Waals surface area contributed by atoms with Crippen LogP contribution < -0.4 is 10.1 Å². The number of aliphatic carboxylic acids is 1. The molecular weight excluding hydrogens is 494 g/mol. The number of anilines is 1. The van der Waals surface area contributed by atoms with E-state index in [0.29, 0.717) is 31.7 Å². The van der Waals surface area contributed by atoms with Gasteiger partial charge in [-0.05, 0) is 76.3 Å². The van der Waals surface area contributed by atoms with Gasteiger partial charge in [0, 0.05) is 31.7 Å². The van der Waals surface area contributed by atoms with Gasteiger partial charge in [-0.2, -0.15) is 0 Å². The molecule has 2 rings (SSSR count). The highest BCUT2D eigenvalue weighted by Crippen LogP contribution is 2.23. The zero-order chi connectivity index (χ0) is 28.3. The zero-order valence-corrected chi connectivity index (χ0v) is 23.0. The molecule has 0 aliphatic heterocycles.